The Kier molecular flexibility index (Phi) is 4.32. The van der Waals surface area contributed by atoms with Gasteiger partial charge in [-0.05, 0) is 44.0 Å². The van der Waals surface area contributed by atoms with Crippen molar-refractivity contribution in [2.75, 3.05) is 0 Å². The number of H-pyrrole nitrogens is 2. The van der Waals surface area contributed by atoms with Crippen LogP contribution in [0, 0.1) is 26.6 Å². The number of rotatable bonds is 3. The lowest BCUT2D eigenvalue weighted by molar-refractivity contribution is 0.565. The lowest BCUT2D eigenvalue weighted by Crippen LogP contribution is -2.08. The first-order chi connectivity index (χ1) is 14.9. The van der Waals surface area contributed by atoms with Crippen molar-refractivity contribution < 1.29 is 8.81 Å². The molecular weight excluding hydrogens is 395 g/mol. The summed E-state index contributed by atoms with van der Waals surface area (Å²) >= 11 is 0. The molecule has 0 saturated heterocycles. The zero-order chi connectivity index (χ0) is 21.7. The summed E-state index contributed by atoms with van der Waals surface area (Å²) in [5.74, 6) is 1.47. The number of aromatic amines is 2. The van der Waals surface area contributed by atoms with Gasteiger partial charge < -0.3 is 14.4 Å². The van der Waals surface area contributed by atoms with Gasteiger partial charge in [-0.15, -0.1) is 0 Å². The molecule has 0 unspecified atom stereocenters. The summed E-state index contributed by atoms with van der Waals surface area (Å²) in [6, 6.07) is 10.3. The number of fused-ring (bicyclic) bond motifs is 1. The van der Waals surface area contributed by atoms with Gasteiger partial charge in [0.15, 0.2) is 0 Å². The largest absolute Gasteiger partial charge is 0.460 e. The molecule has 0 saturated carbocycles. The SMILES string of the molecule is Cc1ncc(-c2ccc(-c3c(C)oc4cc(-c5cnc(C)[nH]5)c(F)cc4c3=O)cc2)[nH]1. The van der Waals surface area contributed by atoms with Gasteiger partial charge in [-0.1, -0.05) is 24.3 Å². The fourth-order valence-corrected chi connectivity index (χ4v) is 3.81. The van der Waals surface area contributed by atoms with E-state index in [1.807, 2.05) is 31.2 Å². The van der Waals surface area contributed by atoms with E-state index in [0.717, 1.165) is 17.1 Å². The first-order valence-electron chi connectivity index (χ1n) is 9.82. The number of nitrogens with zero attached hydrogens (tertiary/aromatic N) is 2. The number of imidazole rings is 2. The summed E-state index contributed by atoms with van der Waals surface area (Å²) < 4.78 is 20.8. The Bertz CT molecular complexity index is 1490. The normalized spacial score (nSPS) is 11.4. The minimum Gasteiger partial charge on any atom is -0.460 e. The van der Waals surface area contributed by atoms with Gasteiger partial charge in [-0.25, -0.2) is 14.4 Å². The Morgan fingerprint density at radius 3 is 2.10 bits per heavy atom. The Morgan fingerprint density at radius 1 is 0.871 bits per heavy atom. The van der Waals surface area contributed by atoms with Crippen LogP contribution in [0.2, 0.25) is 0 Å². The minimum absolute atomic E-state index is 0.200. The van der Waals surface area contributed by atoms with Gasteiger partial charge in [-0.3, -0.25) is 4.79 Å². The summed E-state index contributed by atoms with van der Waals surface area (Å²) in [6.45, 7) is 5.42. The van der Waals surface area contributed by atoms with Crippen LogP contribution < -0.4 is 5.43 Å². The lowest BCUT2D eigenvalue weighted by Gasteiger charge is -2.09. The van der Waals surface area contributed by atoms with Gasteiger partial charge in [-0.2, -0.15) is 0 Å². The molecule has 7 heteroatoms. The second-order valence-electron chi connectivity index (χ2n) is 7.53. The number of aromatic nitrogens is 4. The third-order valence-corrected chi connectivity index (χ3v) is 5.34. The maximum Gasteiger partial charge on any atom is 0.200 e. The molecule has 5 aromatic rings. The summed E-state index contributed by atoms with van der Waals surface area (Å²) in [4.78, 5) is 27.8. The van der Waals surface area contributed by atoms with E-state index < -0.39 is 5.82 Å². The second kappa shape index (κ2) is 7.05. The summed E-state index contributed by atoms with van der Waals surface area (Å²) in [5, 5.41) is 0.200. The maximum atomic E-state index is 14.8. The quantitative estimate of drug-likeness (QED) is 0.419. The van der Waals surface area contributed by atoms with Crippen molar-refractivity contribution >= 4 is 11.0 Å². The van der Waals surface area contributed by atoms with Gasteiger partial charge >= 0.3 is 0 Å². The minimum atomic E-state index is -0.511. The number of aryl methyl sites for hydroxylation is 3. The first kappa shape index (κ1) is 19.0. The van der Waals surface area contributed by atoms with E-state index in [9.17, 15) is 9.18 Å². The predicted octanol–water partition coefficient (Wildman–Crippen LogP) is 5.30. The van der Waals surface area contributed by atoms with E-state index in [4.69, 9.17) is 4.42 Å². The molecule has 0 aliphatic heterocycles. The molecule has 0 spiro atoms. The monoisotopic (exact) mass is 414 g/mol. The van der Waals surface area contributed by atoms with Crippen LogP contribution in [0.1, 0.15) is 17.4 Å². The number of hydrogen-bond acceptors (Lipinski definition) is 4. The zero-order valence-electron chi connectivity index (χ0n) is 17.2. The smallest absolute Gasteiger partial charge is 0.200 e. The summed E-state index contributed by atoms with van der Waals surface area (Å²) in [6.07, 6.45) is 3.32. The highest BCUT2D eigenvalue weighted by Gasteiger charge is 2.17. The maximum absolute atomic E-state index is 14.8. The van der Waals surface area contributed by atoms with Gasteiger partial charge in [0.25, 0.3) is 0 Å². The van der Waals surface area contributed by atoms with Crippen LogP contribution in [0.15, 0.2) is 58.0 Å². The number of benzene rings is 2. The Morgan fingerprint density at radius 2 is 1.48 bits per heavy atom. The molecule has 2 aromatic carbocycles. The fraction of sp³-hybridized carbons (Fsp3) is 0.125. The van der Waals surface area contributed by atoms with Crippen LogP contribution in [-0.4, -0.2) is 19.9 Å². The molecule has 0 atom stereocenters. The fourth-order valence-electron chi connectivity index (χ4n) is 3.81. The third kappa shape index (κ3) is 3.24. The van der Waals surface area contributed by atoms with E-state index in [-0.39, 0.29) is 10.8 Å². The van der Waals surface area contributed by atoms with Crippen LogP contribution >= 0.6 is 0 Å². The van der Waals surface area contributed by atoms with Crippen LogP contribution in [0.25, 0.3) is 44.6 Å². The molecule has 0 aliphatic carbocycles. The molecule has 0 radical (unpaired) electrons. The molecule has 5 rings (SSSR count). The van der Waals surface area contributed by atoms with Gasteiger partial charge in [0.05, 0.1) is 34.7 Å². The van der Waals surface area contributed by atoms with Gasteiger partial charge in [0.1, 0.15) is 28.8 Å². The Balaban J connectivity index is 1.62. The highest BCUT2D eigenvalue weighted by Crippen LogP contribution is 2.30. The van der Waals surface area contributed by atoms with E-state index in [2.05, 4.69) is 19.9 Å². The van der Waals surface area contributed by atoms with Crippen LogP contribution in [0.3, 0.4) is 0 Å². The standard InChI is InChI=1S/C24H19FN4O2/c1-12-23(16-6-4-15(5-7-16)20-10-26-13(2)28-20)24(30)18-8-19(25)17(9-22(18)31-12)21-11-27-14(3)29-21/h4-11H,1-3H3,(H,26,28)(H,27,29). The van der Waals surface area contributed by atoms with E-state index in [1.165, 1.54) is 6.07 Å². The van der Waals surface area contributed by atoms with Crippen LogP contribution in [0.5, 0.6) is 0 Å². The molecule has 0 fully saturated rings. The Labute approximate surface area is 176 Å². The predicted molar refractivity (Wildman–Crippen MR) is 117 cm³/mol. The molecule has 154 valence electrons. The van der Waals surface area contributed by atoms with Crippen molar-refractivity contribution in [1.82, 2.24) is 19.9 Å². The third-order valence-electron chi connectivity index (χ3n) is 5.34. The molecular formula is C24H19FN4O2. The first-order valence-corrected chi connectivity index (χ1v) is 9.82. The highest BCUT2D eigenvalue weighted by molar-refractivity contribution is 5.86. The molecule has 3 heterocycles. The van der Waals surface area contributed by atoms with Crippen molar-refractivity contribution in [2.45, 2.75) is 20.8 Å². The Hall–Kier alpha value is -4.00. The number of hydrogen-bond donors (Lipinski definition) is 2. The van der Waals surface area contributed by atoms with Crippen LogP contribution in [0.4, 0.5) is 4.39 Å². The van der Waals surface area contributed by atoms with Crippen molar-refractivity contribution in [3.8, 4) is 33.6 Å². The van der Waals surface area contributed by atoms with E-state index >= 15 is 0 Å². The number of halogens is 1. The van der Waals surface area contributed by atoms with E-state index in [0.29, 0.717) is 39.6 Å². The average Bonchev–Trinajstić information content (AvgIpc) is 3.37. The van der Waals surface area contributed by atoms with Gasteiger partial charge in [0.2, 0.25) is 5.43 Å². The molecule has 31 heavy (non-hydrogen) atoms. The van der Waals surface area contributed by atoms with Crippen molar-refractivity contribution in [2.24, 2.45) is 0 Å². The van der Waals surface area contributed by atoms with Gasteiger partial charge in [0, 0.05) is 5.56 Å². The molecule has 3 aromatic heterocycles. The number of nitrogens with one attached hydrogen (secondary N) is 2. The van der Waals surface area contributed by atoms with E-state index in [1.54, 1.807) is 32.3 Å². The van der Waals surface area contributed by atoms with Crippen LogP contribution in [-0.2, 0) is 0 Å². The summed E-state index contributed by atoms with van der Waals surface area (Å²) in [7, 11) is 0. The van der Waals surface area contributed by atoms with Crippen molar-refractivity contribution in [1.29, 1.82) is 0 Å². The van der Waals surface area contributed by atoms with Crippen molar-refractivity contribution in [3.63, 3.8) is 0 Å². The molecule has 0 aliphatic rings. The molecule has 6 nitrogen and oxygen atoms in total. The molecule has 0 amide bonds. The molecule has 0 bridgehead atoms. The van der Waals surface area contributed by atoms with Crippen molar-refractivity contribution in [3.05, 3.63) is 82.2 Å². The zero-order valence-corrected chi connectivity index (χ0v) is 17.2. The topological polar surface area (TPSA) is 87.6 Å². The molecule has 2 N–H and O–H groups in total. The summed E-state index contributed by atoms with van der Waals surface area (Å²) in [5.41, 5.74) is 3.89. The average molecular weight is 414 g/mol. The lowest BCUT2D eigenvalue weighted by atomic mass is 9.99. The second-order valence-corrected chi connectivity index (χ2v) is 7.53. The highest BCUT2D eigenvalue weighted by atomic mass is 19.1.